The van der Waals surface area contributed by atoms with Crippen LogP contribution in [0.5, 0.6) is 5.75 Å². The van der Waals surface area contributed by atoms with E-state index in [0.29, 0.717) is 6.07 Å². The normalized spacial score (nSPS) is 11.8. The van der Waals surface area contributed by atoms with E-state index in [0.717, 1.165) is 6.07 Å². The number of aromatic hydroxyl groups is 1. The van der Waals surface area contributed by atoms with Crippen LogP contribution in [-0.2, 0) is 6.18 Å². The van der Waals surface area contributed by atoms with Crippen LogP contribution in [0.4, 0.5) is 13.2 Å². The lowest BCUT2D eigenvalue weighted by atomic mass is 10.1. The second-order valence-electron chi connectivity index (χ2n) is 4.01. The van der Waals surface area contributed by atoms with Gasteiger partial charge in [-0.2, -0.15) is 13.2 Å². The fraction of sp³-hybridized carbons (Fsp3) is 0.0833. The number of halogens is 8. The van der Waals surface area contributed by atoms with E-state index in [1.807, 2.05) is 0 Å². The van der Waals surface area contributed by atoms with Crippen LogP contribution in [0.1, 0.15) is 5.69 Å². The summed E-state index contributed by atoms with van der Waals surface area (Å²) < 4.78 is 38.3. The Labute approximate surface area is 147 Å². The molecule has 0 bridgehead atoms. The Bertz CT molecular complexity index is 734. The largest absolute Gasteiger partial charge is 0.506 e. The summed E-state index contributed by atoms with van der Waals surface area (Å²) in [6.07, 6.45) is -4.72. The molecule has 0 atom stereocenters. The van der Waals surface area contributed by atoms with Crippen molar-refractivity contribution >= 4 is 58.0 Å². The molecule has 118 valence electrons. The minimum atomic E-state index is -4.72. The van der Waals surface area contributed by atoms with Gasteiger partial charge in [-0.05, 0) is 12.1 Å². The maximum Gasteiger partial charge on any atom is 0.433 e. The topological polar surface area (TPSA) is 33.1 Å². The molecule has 0 aliphatic rings. The first kappa shape index (κ1) is 17.8. The molecular weight excluding hydrogens is 408 g/mol. The van der Waals surface area contributed by atoms with Crippen molar-refractivity contribution in [3.63, 3.8) is 0 Å². The molecule has 1 heterocycles. The lowest BCUT2D eigenvalue weighted by Gasteiger charge is -2.14. The van der Waals surface area contributed by atoms with Gasteiger partial charge in [0, 0.05) is 5.56 Å². The zero-order valence-electron chi connectivity index (χ0n) is 10.1. The molecule has 0 amide bonds. The lowest BCUT2D eigenvalue weighted by molar-refractivity contribution is -0.141. The molecule has 0 saturated carbocycles. The molecule has 0 fully saturated rings. The molecule has 0 aliphatic heterocycles. The van der Waals surface area contributed by atoms with E-state index in [1.54, 1.807) is 0 Å². The summed E-state index contributed by atoms with van der Waals surface area (Å²) in [5.41, 5.74) is -1.99. The van der Waals surface area contributed by atoms with Gasteiger partial charge >= 0.3 is 6.18 Å². The Hall–Kier alpha value is -0.590. The zero-order chi connectivity index (χ0) is 16.8. The minimum absolute atomic E-state index is 0.159. The van der Waals surface area contributed by atoms with Crippen LogP contribution in [-0.4, -0.2) is 10.1 Å². The van der Waals surface area contributed by atoms with Crippen LogP contribution in [0.2, 0.25) is 25.1 Å². The van der Waals surface area contributed by atoms with Crippen molar-refractivity contribution in [3.05, 3.63) is 42.9 Å². The Kier molecular flexibility index (Phi) is 4.95. The fourth-order valence-electron chi connectivity index (χ4n) is 1.61. The van der Waals surface area contributed by atoms with Crippen LogP contribution < -0.4 is 0 Å². The van der Waals surface area contributed by atoms with Crippen LogP contribution in [0, 0.1) is 0 Å². The third-order valence-electron chi connectivity index (χ3n) is 2.61. The molecule has 0 unspecified atom stereocenters. The van der Waals surface area contributed by atoms with Crippen molar-refractivity contribution in [2.75, 3.05) is 0 Å². The van der Waals surface area contributed by atoms with Gasteiger partial charge in [0.15, 0.2) is 0 Å². The molecule has 2 rings (SSSR count). The average Bonchev–Trinajstić information content (AvgIpc) is 2.44. The van der Waals surface area contributed by atoms with Gasteiger partial charge in [0.2, 0.25) is 0 Å². The average molecular weight is 411 g/mol. The Morgan fingerprint density at radius 3 is 1.73 bits per heavy atom. The summed E-state index contributed by atoms with van der Waals surface area (Å²) in [7, 11) is 0. The Balaban J connectivity index is 2.83. The van der Waals surface area contributed by atoms with Gasteiger partial charge < -0.3 is 5.11 Å². The van der Waals surface area contributed by atoms with E-state index in [2.05, 4.69) is 4.98 Å². The van der Waals surface area contributed by atoms with Crippen molar-refractivity contribution in [1.82, 2.24) is 4.98 Å². The molecule has 1 N–H and O–H groups in total. The monoisotopic (exact) mass is 409 g/mol. The van der Waals surface area contributed by atoms with Gasteiger partial charge in [-0.3, -0.25) is 0 Å². The van der Waals surface area contributed by atoms with E-state index < -0.39 is 23.3 Å². The quantitative estimate of drug-likeness (QED) is 0.416. The minimum Gasteiger partial charge on any atom is -0.506 e. The maximum absolute atomic E-state index is 12.8. The third-order valence-corrected chi connectivity index (χ3v) is 4.89. The van der Waals surface area contributed by atoms with E-state index in [-0.39, 0.29) is 30.7 Å². The highest BCUT2D eigenvalue weighted by molar-refractivity contribution is 6.56. The van der Waals surface area contributed by atoms with E-state index in [1.165, 1.54) is 0 Å². The molecule has 22 heavy (non-hydrogen) atoms. The predicted molar refractivity (Wildman–Crippen MR) is 81.4 cm³/mol. The van der Waals surface area contributed by atoms with Gasteiger partial charge in [0.1, 0.15) is 17.1 Å². The first-order valence-electron chi connectivity index (χ1n) is 5.34. The molecular formula is C12H3Cl5F3NO. The molecule has 2 aromatic rings. The summed E-state index contributed by atoms with van der Waals surface area (Å²) in [5, 5.41) is 8.65. The smallest absolute Gasteiger partial charge is 0.433 e. The highest BCUT2D eigenvalue weighted by Gasteiger charge is 2.34. The van der Waals surface area contributed by atoms with Gasteiger partial charge in [0.25, 0.3) is 0 Å². The molecule has 1 aromatic heterocycles. The highest BCUT2D eigenvalue weighted by Crippen LogP contribution is 2.49. The Morgan fingerprint density at radius 1 is 0.818 bits per heavy atom. The lowest BCUT2D eigenvalue weighted by Crippen LogP contribution is -2.08. The van der Waals surface area contributed by atoms with Crippen LogP contribution in [0.15, 0.2) is 12.1 Å². The van der Waals surface area contributed by atoms with E-state index in [4.69, 9.17) is 58.0 Å². The molecule has 0 saturated heterocycles. The number of rotatable bonds is 1. The summed E-state index contributed by atoms with van der Waals surface area (Å²) in [4.78, 5) is 3.34. The van der Waals surface area contributed by atoms with Crippen molar-refractivity contribution in [3.8, 4) is 17.0 Å². The third kappa shape index (κ3) is 3.05. The SMILES string of the molecule is Oc1ccc(C(F)(F)F)nc1-c1c(Cl)c(Cl)c(Cl)c(Cl)c1Cl. The molecule has 0 spiro atoms. The highest BCUT2D eigenvalue weighted by atomic mass is 35.5. The first-order chi connectivity index (χ1) is 10.1. The number of pyridine rings is 1. The summed E-state index contributed by atoms with van der Waals surface area (Å²) >= 11 is 29.4. The summed E-state index contributed by atoms with van der Waals surface area (Å²) in [6.45, 7) is 0. The van der Waals surface area contributed by atoms with Gasteiger partial charge in [0.05, 0.1) is 25.1 Å². The number of aromatic nitrogens is 1. The van der Waals surface area contributed by atoms with Crippen molar-refractivity contribution in [2.24, 2.45) is 0 Å². The standard InChI is InChI=1S/C12H3Cl5F3NO/c13-6-5(7(14)9(16)10(17)8(6)15)11-3(22)1-2-4(21-11)12(18,19)20/h1-2,22H. The second kappa shape index (κ2) is 6.13. The molecule has 10 heteroatoms. The van der Waals surface area contributed by atoms with Gasteiger partial charge in [-0.1, -0.05) is 58.0 Å². The van der Waals surface area contributed by atoms with Crippen molar-refractivity contribution in [1.29, 1.82) is 0 Å². The summed E-state index contributed by atoms with van der Waals surface area (Å²) in [5.74, 6) is -0.578. The van der Waals surface area contributed by atoms with Crippen LogP contribution in [0.25, 0.3) is 11.3 Å². The Morgan fingerprint density at radius 2 is 1.27 bits per heavy atom. The van der Waals surface area contributed by atoms with Crippen molar-refractivity contribution in [2.45, 2.75) is 6.18 Å². The van der Waals surface area contributed by atoms with Crippen LogP contribution >= 0.6 is 58.0 Å². The predicted octanol–water partition coefficient (Wildman–Crippen LogP) is 6.74. The van der Waals surface area contributed by atoms with Gasteiger partial charge in [-0.25, -0.2) is 4.98 Å². The molecule has 0 radical (unpaired) electrons. The zero-order valence-corrected chi connectivity index (χ0v) is 13.9. The van der Waals surface area contributed by atoms with E-state index >= 15 is 0 Å². The number of hydrogen-bond acceptors (Lipinski definition) is 2. The van der Waals surface area contributed by atoms with Gasteiger partial charge in [-0.15, -0.1) is 0 Å². The number of alkyl halides is 3. The fourth-order valence-corrected chi connectivity index (χ4v) is 2.92. The second-order valence-corrected chi connectivity index (χ2v) is 5.90. The number of hydrogen-bond donors (Lipinski definition) is 1. The van der Waals surface area contributed by atoms with E-state index in [9.17, 15) is 18.3 Å². The van der Waals surface area contributed by atoms with Crippen LogP contribution in [0.3, 0.4) is 0 Å². The molecule has 2 nitrogen and oxygen atoms in total. The molecule has 1 aromatic carbocycles. The number of nitrogens with zero attached hydrogens (tertiary/aromatic N) is 1. The molecule has 0 aliphatic carbocycles. The summed E-state index contributed by atoms with van der Waals surface area (Å²) in [6, 6.07) is 1.42. The van der Waals surface area contributed by atoms with Crippen molar-refractivity contribution < 1.29 is 18.3 Å². The maximum atomic E-state index is 12.8. The first-order valence-corrected chi connectivity index (χ1v) is 7.23. The number of benzene rings is 1.